The topological polar surface area (TPSA) is 99.2 Å². The van der Waals surface area contributed by atoms with E-state index in [0.717, 1.165) is 22.0 Å². The van der Waals surface area contributed by atoms with Crippen LogP contribution in [0.25, 0.3) is 0 Å². The first kappa shape index (κ1) is 25.0. The van der Waals surface area contributed by atoms with Crippen LogP contribution in [0.1, 0.15) is 5.56 Å². The van der Waals surface area contributed by atoms with Crippen molar-refractivity contribution in [3.63, 3.8) is 0 Å². The van der Waals surface area contributed by atoms with Crippen LogP contribution in [-0.4, -0.2) is 61.1 Å². The zero-order valence-electron chi connectivity index (χ0n) is 17.1. The Morgan fingerprint density at radius 1 is 1.13 bits per heavy atom. The maximum Gasteiger partial charge on any atom is 0.258 e. The Morgan fingerprint density at radius 2 is 1.71 bits per heavy atom. The molecule has 0 radical (unpaired) electrons. The molecular formula is C19H23F2N3O5S2. The highest BCUT2D eigenvalue weighted by atomic mass is 32.2. The van der Waals surface area contributed by atoms with E-state index in [0.29, 0.717) is 0 Å². The number of likely N-dealkylation sites (N-methyl/N-ethyl adjacent to an activating group) is 1. The molecule has 0 spiro atoms. The standard InChI is InChI=1S/C19H23F2N3O5S2/c1-13-4-6-14(7-5-13)29-19-16(20)10-15(11-17(19)21)31(28)24(12-18(25)22-26)9-8-23(2)30(3)27/h4-7,10-11,26H,8-9,12H2,1-3H3,(H,22,25). The number of nitrogens with zero attached hydrogens (tertiary/aromatic N) is 2. The monoisotopic (exact) mass is 475 g/mol. The summed E-state index contributed by atoms with van der Waals surface area (Å²) in [4.78, 5) is 11.3. The smallest absolute Gasteiger partial charge is 0.258 e. The molecule has 31 heavy (non-hydrogen) atoms. The van der Waals surface area contributed by atoms with Gasteiger partial charge in [-0.3, -0.25) is 10.0 Å². The van der Waals surface area contributed by atoms with Crippen LogP contribution in [0.4, 0.5) is 8.78 Å². The highest BCUT2D eigenvalue weighted by Crippen LogP contribution is 2.30. The van der Waals surface area contributed by atoms with Gasteiger partial charge in [0, 0.05) is 19.3 Å². The number of ether oxygens (including phenoxy) is 1. The Balaban J connectivity index is 2.26. The van der Waals surface area contributed by atoms with Crippen molar-refractivity contribution in [2.45, 2.75) is 11.8 Å². The first-order chi connectivity index (χ1) is 14.6. The van der Waals surface area contributed by atoms with Crippen molar-refractivity contribution in [1.82, 2.24) is 14.1 Å². The molecule has 2 aromatic carbocycles. The molecule has 0 aliphatic carbocycles. The molecule has 0 fully saturated rings. The summed E-state index contributed by atoms with van der Waals surface area (Å²) in [5, 5.41) is 8.76. The van der Waals surface area contributed by atoms with Gasteiger partial charge in [0.2, 0.25) is 0 Å². The van der Waals surface area contributed by atoms with E-state index in [2.05, 4.69) is 0 Å². The molecule has 0 heterocycles. The molecule has 2 rings (SSSR count). The van der Waals surface area contributed by atoms with E-state index >= 15 is 0 Å². The Hall–Kier alpha value is -2.25. The molecular weight excluding hydrogens is 452 g/mol. The van der Waals surface area contributed by atoms with Crippen molar-refractivity contribution in [1.29, 1.82) is 0 Å². The van der Waals surface area contributed by atoms with Gasteiger partial charge in [-0.1, -0.05) is 17.7 Å². The SMILES string of the molecule is Cc1ccc(Oc2c(F)cc(S(=O)N(CCN(C)S(C)=O)CC(=O)NO)cc2F)cc1. The number of amides is 1. The third kappa shape index (κ3) is 7.14. The van der Waals surface area contributed by atoms with E-state index in [1.807, 2.05) is 6.92 Å². The second-order valence-electron chi connectivity index (χ2n) is 6.55. The van der Waals surface area contributed by atoms with Crippen molar-refractivity contribution in [2.75, 3.05) is 32.9 Å². The van der Waals surface area contributed by atoms with Crippen LogP contribution in [0.15, 0.2) is 41.3 Å². The summed E-state index contributed by atoms with van der Waals surface area (Å²) >= 11 is 0. The number of benzene rings is 2. The third-order valence-electron chi connectivity index (χ3n) is 4.20. The van der Waals surface area contributed by atoms with Crippen LogP contribution in [0.5, 0.6) is 11.5 Å². The molecule has 2 aromatic rings. The summed E-state index contributed by atoms with van der Waals surface area (Å²) < 4.78 is 61.3. The molecule has 0 saturated heterocycles. The minimum absolute atomic E-state index is 0.0268. The summed E-state index contributed by atoms with van der Waals surface area (Å²) in [5.74, 6) is -3.42. The maximum atomic E-state index is 14.6. The molecule has 2 unspecified atom stereocenters. The van der Waals surface area contributed by atoms with Gasteiger partial charge in [0.05, 0.1) is 22.4 Å². The summed E-state index contributed by atoms with van der Waals surface area (Å²) in [6.45, 7) is 1.46. The Bertz CT molecular complexity index is 953. The van der Waals surface area contributed by atoms with Crippen LogP contribution in [0, 0.1) is 18.6 Å². The van der Waals surface area contributed by atoms with Gasteiger partial charge in [0.15, 0.2) is 17.4 Å². The van der Waals surface area contributed by atoms with Crippen LogP contribution in [0.3, 0.4) is 0 Å². The van der Waals surface area contributed by atoms with E-state index in [1.165, 1.54) is 16.0 Å². The number of hydroxylamine groups is 1. The highest BCUT2D eigenvalue weighted by molar-refractivity contribution is 7.82. The van der Waals surface area contributed by atoms with Gasteiger partial charge in [-0.15, -0.1) is 0 Å². The van der Waals surface area contributed by atoms with Gasteiger partial charge in [-0.2, -0.15) is 0 Å². The van der Waals surface area contributed by atoms with E-state index in [4.69, 9.17) is 9.94 Å². The zero-order valence-corrected chi connectivity index (χ0v) is 18.8. The predicted molar refractivity (Wildman–Crippen MR) is 112 cm³/mol. The molecule has 0 aliphatic heterocycles. The van der Waals surface area contributed by atoms with Crippen LogP contribution < -0.4 is 10.2 Å². The fourth-order valence-electron chi connectivity index (χ4n) is 2.41. The molecule has 0 aromatic heterocycles. The van der Waals surface area contributed by atoms with Crippen molar-refractivity contribution in [3.05, 3.63) is 53.6 Å². The number of carbonyl (C=O) groups is 1. The number of halogens is 2. The van der Waals surface area contributed by atoms with Gasteiger partial charge in [0.1, 0.15) is 16.7 Å². The predicted octanol–water partition coefficient (Wildman–Crippen LogP) is 2.12. The molecule has 12 heteroatoms. The Labute approximate surface area is 183 Å². The Morgan fingerprint density at radius 3 is 2.23 bits per heavy atom. The first-order valence-electron chi connectivity index (χ1n) is 9.00. The van der Waals surface area contributed by atoms with Crippen LogP contribution >= 0.6 is 0 Å². The average Bonchev–Trinajstić information content (AvgIpc) is 2.73. The summed E-state index contributed by atoms with van der Waals surface area (Å²) in [6.07, 6.45) is 1.44. The molecule has 0 aliphatic rings. The molecule has 0 saturated carbocycles. The lowest BCUT2D eigenvalue weighted by Gasteiger charge is -2.23. The molecule has 2 atom stereocenters. The number of nitrogens with one attached hydrogen (secondary N) is 1. The van der Waals surface area contributed by atoms with Crippen molar-refractivity contribution in [3.8, 4) is 11.5 Å². The lowest BCUT2D eigenvalue weighted by Crippen LogP contribution is -2.41. The van der Waals surface area contributed by atoms with Crippen LogP contribution in [0.2, 0.25) is 0 Å². The number of carbonyl (C=O) groups excluding carboxylic acids is 1. The normalized spacial score (nSPS) is 13.3. The average molecular weight is 476 g/mol. The number of rotatable bonds is 10. The summed E-state index contributed by atoms with van der Waals surface area (Å²) in [6, 6.07) is 8.27. The van der Waals surface area contributed by atoms with Gasteiger partial charge >= 0.3 is 0 Å². The minimum atomic E-state index is -2.15. The first-order valence-corrected chi connectivity index (χ1v) is 11.6. The second kappa shape index (κ2) is 11.4. The van der Waals surface area contributed by atoms with Crippen LogP contribution in [-0.2, 0) is 26.8 Å². The highest BCUT2D eigenvalue weighted by Gasteiger charge is 2.23. The van der Waals surface area contributed by atoms with Crippen molar-refractivity contribution in [2.24, 2.45) is 0 Å². The van der Waals surface area contributed by atoms with Gasteiger partial charge in [0.25, 0.3) is 5.91 Å². The lowest BCUT2D eigenvalue weighted by molar-refractivity contribution is -0.129. The maximum absolute atomic E-state index is 14.6. The Kier molecular flexibility index (Phi) is 9.19. The largest absolute Gasteiger partial charge is 0.451 e. The van der Waals surface area contributed by atoms with E-state index in [9.17, 15) is 22.0 Å². The van der Waals surface area contributed by atoms with Gasteiger partial charge < -0.3 is 4.74 Å². The lowest BCUT2D eigenvalue weighted by atomic mass is 10.2. The van der Waals surface area contributed by atoms with E-state index < -0.39 is 51.8 Å². The van der Waals surface area contributed by atoms with Crippen molar-refractivity contribution < 1.29 is 31.9 Å². The summed E-state index contributed by atoms with van der Waals surface area (Å²) in [7, 11) is -1.90. The molecule has 8 nitrogen and oxygen atoms in total. The van der Waals surface area contributed by atoms with Crippen molar-refractivity contribution >= 4 is 27.9 Å². The number of hydrogen-bond acceptors (Lipinski definition) is 5. The third-order valence-corrected chi connectivity index (χ3v) is 6.68. The molecule has 0 bridgehead atoms. The van der Waals surface area contributed by atoms with E-state index in [1.54, 1.807) is 31.3 Å². The fraction of sp³-hybridized carbons (Fsp3) is 0.316. The second-order valence-corrected chi connectivity index (χ2v) is 9.51. The summed E-state index contributed by atoms with van der Waals surface area (Å²) in [5.41, 5.74) is 2.37. The van der Waals surface area contributed by atoms with Gasteiger partial charge in [-0.25, -0.2) is 31.3 Å². The molecule has 2 N–H and O–H groups in total. The number of hydrogen-bond donors (Lipinski definition) is 2. The molecule has 1 amide bonds. The quantitative estimate of drug-likeness (QED) is 0.405. The minimum Gasteiger partial charge on any atom is -0.451 e. The zero-order chi connectivity index (χ0) is 23.1. The number of aryl methyl sites for hydroxylation is 1. The van der Waals surface area contributed by atoms with E-state index in [-0.39, 0.29) is 23.7 Å². The van der Waals surface area contributed by atoms with Gasteiger partial charge in [-0.05, 0) is 38.2 Å². The molecule has 170 valence electrons. The fourth-order valence-corrected chi connectivity index (χ4v) is 3.93.